The van der Waals surface area contributed by atoms with Crippen molar-refractivity contribution in [2.45, 2.75) is 71.3 Å². The Morgan fingerprint density at radius 1 is 0.962 bits per heavy atom. The van der Waals surface area contributed by atoms with Gasteiger partial charge in [-0.3, -0.25) is 9.59 Å². The van der Waals surface area contributed by atoms with Crippen LogP contribution in [0.2, 0.25) is 0 Å². The zero-order chi connectivity index (χ0) is 19.4. The van der Waals surface area contributed by atoms with Crippen molar-refractivity contribution in [3.05, 3.63) is 29.8 Å². The molecule has 26 heavy (non-hydrogen) atoms. The summed E-state index contributed by atoms with van der Waals surface area (Å²) in [5.74, 6) is 0.400. The second-order valence-corrected chi connectivity index (χ2v) is 7.35. The number of carbonyl (C=O) groups excluding carboxylic acids is 2. The minimum Gasteiger partial charge on any atom is -0.494 e. The van der Waals surface area contributed by atoms with Crippen LogP contribution in [0.15, 0.2) is 24.3 Å². The number of benzene rings is 1. The number of hydrogen-bond donors (Lipinski definition) is 0. The summed E-state index contributed by atoms with van der Waals surface area (Å²) in [6, 6.07) is 7.53. The standard InChI is InChI=1S/C21H32O5/c1-21(2,3)26-19(22)13-8-6-5-7-9-14-25-18-12-10-11-17(15-18)16-20(23)24-4/h10-12,15H,5-9,13-14,16H2,1-4H3. The molecule has 0 amide bonds. The van der Waals surface area contributed by atoms with E-state index in [4.69, 9.17) is 9.47 Å². The van der Waals surface area contributed by atoms with Gasteiger partial charge in [0.05, 0.1) is 20.1 Å². The molecule has 0 bridgehead atoms. The van der Waals surface area contributed by atoms with Gasteiger partial charge in [-0.15, -0.1) is 0 Å². The lowest BCUT2D eigenvalue weighted by Gasteiger charge is -2.19. The molecule has 0 unspecified atom stereocenters. The zero-order valence-corrected chi connectivity index (χ0v) is 16.5. The highest BCUT2D eigenvalue weighted by Gasteiger charge is 2.15. The normalized spacial score (nSPS) is 11.1. The van der Waals surface area contributed by atoms with Crippen molar-refractivity contribution in [1.82, 2.24) is 0 Å². The van der Waals surface area contributed by atoms with E-state index in [1.165, 1.54) is 7.11 Å². The molecular formula is C21H32O5. The van der Waals surface area contributed by atoms with Gasteiger partial charge in [0.1, 0.15) is 11.4 Å². The minimum atomic E-state index is -0.400. The van der Waals surface area contributed by atoms with E-state index in [1.54, 1.807) is 0 Å². The van der Waals surface area contributed by atoms with E-state index in [2.05, 4.69) is 4.74 Å². The second kappa shape index (κ2) is 11.6. The van der Waals surface area contributed by atoms with Crippen molar-refractivity contribution >= 4 is 11.9 Å². The summed E-state index contributed by atoms with van der Waals surface area (Å²) in [7, 11) is 1.39. The fraction of sp³-hybridized carbons (Fsp3) is 0.619. The first-order chi connectivity index (χ1) is 12.3. The van der Waals surface area contributed by atoms with Crippen LogP contribution in [0.4, 0.5) is 0 Å². The largest absolute Gasteiger partial charge is 0.494 e. The Labute approximate surface area is 157 Å². The van der Waals surface area contributed by atoms with Crippen LogP contribution in [0.1, 0.15) is 64.9 Å². The summed E-state index contributed by atoms with van der Waals surface area (Å²) in [5, 5.41) is 0. The van der Waals surface area contributed by atoms with Crippen molar-refractivity contribution in [2.24, 2.45) is 0 Å². The molecule has 0 fully saturated rings. The maximum absolute atomic E-state index is 11.6. The lowest BCUT2D eigenvalue weighted by molar-refractivity contribution is -0.155. The van der Waals surface area contributed by atoms with Gasteiger partial charge in [-0.05, 0) is 51.3 Å². The molecule has 1 aromatic carbocycles. The Bertz CT molecular complexity index is 560. The summed E-state index contributed by atoms with van der Waals surface area (Å²) in [6.07, 6.45) is 5.74. The Balaban J connectivity index is 2.10. The molecule has 5 nitrogen and oxygen atoms in total. The predicted molar refractivity (Wildman–Crippen MR) is 101 cm³/mol. The van der Waals surface area contributed by atoms with E-state index >= 15 is 0 Å². The highest BCUT2D eigenvalue weighted by atomic mass is 16.6. The van der Waals surface area contributed by atoms with Crippen LogP contribution in [-0.4, -0.2) is 31.3 Å². The molecular weight excluding hydrogens is 332 g/mol. The van der Waals surface area contributed by atoms with Gasteiger partial charge in [0.25, 0.3) is 0 Å². The molecule has 5 heteroatoms. The first-order valence-corrected chi connectivity index (χ1v) is 9.30. The molecule has 0 saturated carbocycles. The highest BCUT2D eigenvalue weighted by molar-refractivity contribution is 5.72. The van der Waals surface area contributed by atoms with E-state index in [9.17, 15) is 9.59 Å². The minimum absolute atomic E-state index is 0.118. The van der Waals surface area contributed by atoms with Crippen LogP contribution in [0.25, 0.3) is 0 Å². The summed E-state index contributed by atoms with van der Waals surface area (Å²) in [6.45, 7) is 6.30. The Morgan fingerprint density at radius 3 is 2.35 bits per heavy atom. The molecule has 0 N–H and O–H groups in total. The summed E-state index contributed by atoms with van der Waals surface area (Å²) in [4.78, 5) is 22.9. The quantitative estimate of drug-likeness (QED) is 0.428. The van der Waals surface area contributed by atoms with Crippen molar-refractivity contribution < 1.29 is 23.8 Å². The smallest absolute Gasteiger partial charge is 0.309 e. The molecule has 146 valence electrons. The lowest BCUT2D eigenvalue weighted by atomic mass is 10.1. The number of carbonyl (C=O) groups is 2. The fourth-order valence-electron chi connectivity index (χ4n) is 2.47. The molecule has 0 spiro atoms. The first kappa shape index (κ1) is 22.0. The van der Waals surface area contributed by atoms with Gasteiger partial charge in [-0.2, -0.15) is 0 Å². The van der Waals surface area contributed by atoms with Gasteiger partial charge in [-0.25, -0.2) is 0 Å². The third-order valence-electron chi connectivity index (χ3n) is 3.69. The third kappa shape index (κ3) is 10.7. The van der Waals surface area contributed by atoms with E-state index < -0.39 is 5.60 Å². The van der Waals surface area contributed by atoms with E-state index in [1.807, 2.05) is 45.0 Å². The molecule has 1 aromatic rings. The van der Waals surface area contributed by atoms with Gasteiger partial charge in [-0.1, -0.05) is 31.4 Å². The maximum Gasteiger partial charge on any atom is 0.309 e. The van der Waals surface area contributed by atoms with E-state index in [-0.39, 0.29) is 18.4 Å². The number of esters is 2. The highest BCUT2D eigenvalue weighted by Crippen LogP contribution is 2.15. The molecule has 0 aliphatic rings. The summed E-state index contributed by atoms with van der Waals surface area (Å²) >= 11 is 0. The van der Waals surface area contributed by atoms with E-state index in [0.717, 1.165) is 43.4 Å². The van der Waals surface area contributed by atoms with Crippen molar-refractivity contribution in [3.63, 3.8) is 0 Å². The number of hydrogen-bond acceptors (Lipinski definition) is 5. The average Bonchev–Trinajstić information content (AvgIpc) is 2.56. The van der Waals surface area contributed by atoms with Crippen LogP contribution in [0.3, 0.4) is 0 Å². The van der Waals surface area contributed by atoms with Gasteiger partial charge in [0, 0.05) is 6.42 Å². The Kier molecular flexibility index (Phi) is 9.78. The van der Waals surface area contributed by atoms with Gasteiger partial charge >= 0.3 is 11.9 Å². The van der Waals surface area contributed by atoms with Crippen molar-refractivity contribution in [3.8, 4) is 5.75 Å². The number of rotatable bonds is 11. The van der Waals surface area contributed by atoms with Crippen LogP contribution < -0.4 is 4.74 Å². The molecule has 0 aromatic heterocycles. The van der Waals surface area contributed by atoms with Crippen molar-refractivity contribution in [1.29, 1.82) is 0 Å². The van der Waals surface area contributed by atoms with Gasteiger partial charge < -0.3 is 14.2 Å². The molecule has 0 aliphatic heterocycles. The summed E-state index contributed by atoms with van der Waals surface area (Å²) in [5.41, 5.74) is 0.485. The molecule has 0 atom stereocenters. The monoisotopic (exact) mass is 364 g/mol. The van der Waals surface area contributed by atoms with Crippen LogP contribution >= 0.6 is 0 Å². The lowest BCUT2D eigenvalue weighted by Crippen LogP contribution is -2.23. The van der Waals surface area contributed by atoms with Gasteiger partial charge in [0.2, 0.25) is 0 Å². The number of unbranched alkanes of at least 4 members (excludes halogenated alkanes) is 4. The average molecular weight is 364 g/mol. The Hall–Kier alpha value is -2.04. The SMILES string of the molecule is COC(=O)Cc1cccc(OCCCCCCCC(=O)OC(C)(C)C)c1. The molecule has 0 saturated heterocycles. The second-order valence-electron chi connectivity index (χ2n) is 7.35. The van der Waals surface area contributed by atoms with Gasteiger partial charge in [0.15, 0.2) is 0 Å². The molecule has 0 aliphatic carbocycles. The molecule has 0 radical (unpaired) electrons. The number of ether oxygens (including phenoxy) is 3. The van der Waals surface area contributed by atoms with Crippen LogP contribution in [0, 0.1) is 0 Å². The third-order valence-corrected chi connectivity index (χ3v) is 3.69. The Morgan fingerprint density at radius 2 is 1.65 bits per heavy atom. The zero-order valence-electron chi connectivity index (χ0n) is 16.5. The maximum atomic E-state index is 11.6. The molecule has 0 heterocycles. The predicted octanol–water partition coefficient (Wildman–Crippen LogP) is 4.46. The van der Waals surface area contributed by atoms with Crippen LogP contribution in [0.5, 0.6) is 5.75 Å². The summed E-state index contributed by atoms with van der Waals surface area (Å²) < 4.78 is 15.7. The number of methoxy groups -OCH3 is 1. The van der Waals surface area contributed by atoms with Crippen LogP contribution in [-0.2, 0) is 25.5 Å². The van der Waals surface area contributed by atoms with E-state index in [0.29, 0.717) is 13.0 Å². The topological polar surface area (TPSA) is 61.8 Å². The van der Waals surface area contributed by atoms with Crippen molar-refractivity contribution in [2.75, 3.05) is 13.7 Å². The fourth-order valence-corrected chi connectivity index (χ4v) is 2.47. The molecule has 1 rings (SSSR count). The first-order valence-electron chi connectivity index (χ1n) is 9.30.